The third-order valence-electron chi connectivity index (χ3n) is 3.48. The predicted octanol–water partition coefficient (Wildman–Crippen LogP) is 1.90. The zero-order valence-electron chi connectivity index (χ0n) is 9.63. The van der Waals surface area contributed by atoms with E-state index in [2.05, 4.69) is 0 Å². The van der Waals surface area contributed by atoms with Crippen LogP contribution < -0.4 is 10.6 Å². The molecule has 3 rings (SSSR count). The molecule has 86 valence electrons. The van der Waals surface area contributed by atoms with Crippen molar-refractivity contribution < 1.29 is 4.79 Å². The lowest BCUT2D eigenvalue weighted by molar-refractivity contribution is -0.125. The minimum atomic E-state index is -0.353. The summed E-state index contributed by atoms with van der Waals surface area (Å²) >= 11 is 0. The van der Waals surface area contributed by atoms with Crippen molar-refractivity contribution in [1.82, 2.24) is 0 Å². The molecule has 1 aliphatic heterocycles. The van der Waals surface area contributed by atoms with E-state index < -0.39 is 0 Å². The van der Waals surface area contributed by atoms with Gasteiger partial charge in [-0.05, 0) is 18.4 Å². The largest absolute Gasteiger partial charge is 0.318 e. The monoisotopic (exact) mass is 226 g/mol. The van der Waals surface area contributed by atoms with Crippen molar-refractivity contribution in [3.05, 3.63) is 42.5 Å². The molecule has 0 aliphatic carbocycles. The Balaban J connectivity index is 2.15. The average molecular weight is 226 g/mol. The van der Waals surface area contributed by atoms with Gasteiger partial charge in [-0.25, -0.2) is 0 Å². The van der Waals surface area contributed by atoms with Gasteiger partial charge in [-0.3, -0.25) is 4.79 Å². The third kappa shape index (κ3) is 1.36. The van der Waals surface area contributed by atoms with Gasteiger partial charge in [0, 0.05) is 5.39 Å². The van der Waals surface area contributed by atoms with E-state index in [-0.39, 0.29) is 18.0 Å². The zero-order valence-corrected chi connectivity index (χ0v) is 9.63. The fourth-order valence-electron chi connectivity index (χ4n) is 2.40. The summed E-state index contributed by atoms with van der Waals surface area (Å²) in [5.74, 6) is 0.00820. The second kappa shape index (κ2) is 3.57. The molecule has 2 N–H and O–H groups in total. The van der Waals surface area contributed by atoms with E-state index in [9.17, 15) is 4.79 Å². The Bertz CT molecular complexity index is 588. The fraction of sp³-hybridized carbons (Fsp3) is 0.214. The first-order valence-corrected chi connectivity index (χ1v) is 5.76. The van der Waals surface area contributed by atoms with Crippen LogP contribution in [0.3, 0.4) is 0 Å². The SMILES string of the molecule is C[C@H]1[C@H](N)C(=O)N1c1cccc2ccccc12. The van der Waals surface area contributed by atoms with Gasteiger partial charge >= 0.3 is 0 Å². The van der Waals surface area contributed by atoms with Gasteiger partial charge in [0.1, 0.15) is 6.04 Å². The number of β-lactam (4-membered cyclic amide) rings is 1. The number of carbonyl (C=O) groups is 1. The molecular weight excluding hydrogens is 212 g/mol. The maximum Gasteiger partial charge on any atom is 0.246 e. The molecule has 2 aromatic rings. The summed E-state index contributed by atoms with van der Waals surface area (Å²) < 4.78 is 0. The van der Waals surface area contributed by atoms with Crippen LogP contribution in [0.25, 0.3) is 10.8 Å². The minimum absolute atomic E-state index is 0.00820. The molecule has 2 aromatic carbocycles. The van der Waals surface area contributed by atoms with Crippen LogP contribution in [-0.4, -0.2) is 18.0 Å². The van der Waals surface area contributed by atoms with Crippen molar-refractivity contribution in [3.63, 3.8) is 0 Å². The number of carbonyl (C=O) groups excluding carboxylic acids is 1. The minimum Gasteiger partial charge on any atom is -0.318 e. The maximum absolute atomic E-state index is 11.8. The molecular formula is C14H14N2O. The molecule has 1 aliphatic rings. The molecule has 0 spiro atoms. The quantitative estimate of drug-likeness (QED) is 0.755. The molecule has 0 saturated carbocycles. The van der Waals surface area contributed by atoms with Crippen molar-refractivity contribution in [2.45, 2.75) is 19.0 Å². The second-order valence-electron chi connectivity index (χ2n) is 4.47. The topological polar surface area (TPSA) is 46.3 Å². The molecule has 3 heteroatoms. The van der Waals surface area contributed by atoms with Gasteiger partial charge in [-0.15, -0.1) is 0 Å². The summed E-state index contributed by atoms with van der Waals surface area (Å²) in [6, 6.07) is 13.8. The lowest BCUT2D eigenvalue weighted by Gasteiger charge is -2.43. The maximum atomic E-state index is 11.8. The number of nitrogens with two attached hydrogens (primary N) is 1. The molecule has 1 saturated heterocycles. The smallest absolute Gasteiger partial charge is 0.246 e. The molecule has 1 heterocycles. The van der Waals surface area contributed by atoms with Gasteiger partial charge in [0.25, 0.3) is 0 Å². The van der Waals surface area contributed by atoms with E-state index in [1.165, 1.54) is 0 Å². The van der Waals surface area contributed by atoms with E-state index in [1.807, 2.05) is 49.4 Å². The molecule has 0 aromatic heterocycles. The number of hydrogen-bond donors (Lipinski definition) is 1. The van der Waals surface area contributed by atoms with Crippen LogP contribution in [0.15, 0.2) is 42.5 Å². The Morgan fingerprint density at radius 1 is 1.12 bits per heavy atom. The molecule has 0 unspecified atom stereocenters. The Kier molecular flexibility index (Phi) is 2.16. The van der Waals surface area contributed by atoms with E-state index in [0.29, 0.717) is 0 Å². The molecule has 1 fully saturated rings. The normalized spacial score (nSPS) is 23.9. The number of fused-ring (bicyclic) bond motifs is 1. The van der Waals surface area contributed by atoms with Crippen LogP contribution >= 0.6 is 0 Å². The molecule has 1 amide bonds. The highest BCUT2D eigenvalue weighted by Gasteiger charge is 2.42. The number of anilines is 1. The lowest BCUT2D eigenvalue weighted by Crippen LogP contribution is -2.67. The van der Waals surface area contributed by atoms with Crippen LogP contribution in [0.1, 0.15) is 6.92 Å². The number of nitrogens with zero attached hydrogens (tertiary/aromatic N) is 1. The summed E-state index contributed by atoms with van der Waals surface area (Å²) in [5.41, 5.74) is 6.71. The van der Waals surface area contributed by atoms with E-state index >= 15 is 0 Å². The highest BCUT2D eigenvalue weighted by atomic mass is 16.2. The van der Waals surface area contributed by atoms with Gasteiger partial charge < -0.3 is 10.6 Å². The number of rotatable bonds is 1. The molecule has 0 bridgehead atoms. The fourth-order valence-corrected chi connectivity index (χ4v) is 2.40. The Labute approximate surface area is 99.8 Å². The van der Waals surface area contributed by atoms with E-state index in [1.54, 1.807) is 4.90 Å². The van der Waals surface area contributed by atoms with Crippen molar-refractivity contribution in [2.75, 3.05) is 4.90 Å². The van der Waals surface area contributed by atoms with Crippen LogP contribution in [0.2, 0.25) is 0 Å². The number of amides is 1. The summed E-state index contributed by atoms with van der Waals surface area (Å²) in [5, 5.41) is 2.24. The van der Waals surface area contributed by atoms with Crippen LogP contribution in [0.5, 0.6) is 0 Å². The van der Waals surface area contributed by atoms with Crippen molar-refractivity contribution in [3.8, 4) is 0 Å². The molecule has 17 heavy (non-hydrogen) atoms. The summed E-state index contributed by atoms with van der Waals surface area (Å²) in [6.45, 7) is 1.98. The molecule has 2 atom stereocenters. The van der Waals surface area contributed by atoms with Crippen LogP contribution in [0, 0.1) is 0 Å². The summed E-state index contributed by atoms with van der Waals surface area (Å²) in [4.78, 5) is 13.6. The molecule has 3 nitrogen and oxygen atoms in total. The zero-order chi connectivity index (χ0) is 12.0. The number of hydrogen-bond acceptors (Lipinski definition) is 2. The summed E-state index contributed by atoms with van der Waals surface area (Å²) in [7, 11) is 0. The standard InChI is InChI=1S/C14H14N2O/c1-9-13(15)14(17)16(9)12-8-4-6-10-5-2-3-7-11(10)12/h2-9,13H,15H2,1H3/t9-,13-/m0/s1. The Morgan fingerprint density at radius 2 is 1.82 bits per heavy atom. The highest BCUT2D eigenvalue weighted by molar-refractivity contribution is 6.10. The Hall–Kier alpha value is -1.87. The van der Waals surface area contributed by atoms with Gasteiger partial charge in [0.2, 0.25) is 5.91 Å². The second-order valence-corrected chi connectivity index (χ2v) is 4.47. The van der Waals surface area contributed by atoms with Crippen LogP contribution in [0.4, 0.5) is 5.69 Å². The van der Waals surface area contributed by atoms with E-state index in [0.717, 1.165) is 16.5 Å². The van der Waals surface area contributed by atoms with Gasteiger partial charge in [0.15, 0.2) is 0 Å². The first-order valence-electron chi connectivity index (χ1n) is 5.76. The predicted molar refractivity (Wildman–Crippen MR) is 68.9 cm³/mol. The van der Waals surface area contributed by atoms with Crippen molar-refractivity contribution in [1.29, 1.82) is 0 Å². The van der Waals surface area contributed by atoms with Crippen molar-refractivity contribution in [2.24, 2.45) is 5.73 Å². The van der Waals surface area contributed by atoms with Gasteiger partial charge in [-0.2, -0.15) is 0 Å². The van der Waals surface area contributed by atoms with Crippen LogP contribution in [-0.2, 0) is 4.79 Å². The first-order chi connectivity index (χ1) is 8.20. The lowest BCUT2D eigenvalue weighted by atomic mass is 9.95. The molecule has 0 radical (unpaired) electrons. The third-order valence-corrected chi connectivity index (χ3v) is 3.48. The van der Waals surface area contributed by atoms with Crippen molar-refractivity contribution >= 4 is 22.4 Å². The van der Waals surface area contributed by atoms with Gasteiger partial charge in [0.05, 0.1) is 11.7 Å². The van der Waals surface area contributed by atoms with Gasteiger partial charge in [-0.1, -0.05) is 36.4 Å². The van der Waals surface area contributed by atoms with E-state index in [4.69, 9.17) is 5.73 Å². The highest BCUT2D eigenvalue weighted by Crippen LogP contribution is 2.33. The number of benzene rings is 2. The Morgan fingerprint density at radius 3 is 2.59 bits per heavy atom. The average Bonchev–Trinajstić information content (AvgIpc) is 2.39. The first kappa shape index (κ1) is 10.3. The summed E-state index contributed by atoms with van der Waals surface area (Å²) in [6.07, 6.45) is 0.